The number of hydrogen-bond donors (Lipinski definition) is 3. The third kappa shape index (κ3) is 2.38. The van der Waals surface area contributed by atoms with Crippen LogP contribution in [0.15, 0.2) is 0 Å². The van der Waals surface area contributed by atoms with Gasteiger partial charge in [0.25, 0.3) is 0 Å². The molecule has 0 aromatic heterocycles. The van der Waals surface area contributed by atoms with E-state index >= 15 is 0 Å². The lowest BCUT2D eigenvalue weighted by Gasteiger charge is -2.34. The quantitative estimate of drug-likeness (QED) is 0.558. The van der Waals surface area contributed by atoms with Gasteiger partial charge >= 0.3 is 6.09 Å². The standard InChI is InChI=1S/C7H13NO3/c9-2-1-5-3-6(4-5)8-7(10)11/h5-6,8-9H,1-4H2,(H,10,11). The number of rotatable bonds is 3. The molecule has 11 heavy (non-hydrogen) atoms. The highest BCUT2D eigenvalue weighted by Gasteiger charge is 2.29. The average Bonchev–Trinajstić information content (AvgIpc) is 1.82. The molecule has 0 saturated heterocycles. The van der Waals surface area contributed by atoms with Gasteiger partial charge in [0.2, 0.25) is 0 Å². The fraction of sp³-hybridized carbons (Fsp3) is 0.857. The Morgan fingerprint density at radius 1 is 1.55 bits per heavy atom. The monoisotopic (exact) mass is 159 g/mol. The molecule has 0 aliphatic heterocycles. The van der Waals surface area contributed by atoms with Gasteiger partial charge in [-0.15, -0.1) is 0 Å². The molecule has 0 unspecified atom stereocenters. The summed E-state index contributed by atoms with van der Waals surface area (Å²) in [4.78, 5) is 10.1. The second-order valence-corrected chi connectivity index (χ2v) is 3.00. The maximum absolute atomic E-state index is 10.1. The van der Waals surface area contributed by atoms with Crippen LogP contribution in [0.2, 0.25) is 0 Å². The van der Waals surface area contributed by atoms with E-state index in [2.05, 4.69) is 5.32 Å². The third-order valence-electron chi connectivity index (χ3n) is 2.10. The zero-order valence-corrected chi connectivity index (χ0v) is 6.29. The molecule has 0 aromatic carbocycles. The van der Waals surface area contributed by atoms with E-state index in [1.165, 1.54) is 0 Å². The first-order valence-electron chi connectivity index (χ1n) is 3.82. The van der Waals surface area contributed by atoms with Crippen LogP contribution in [0.25, 0.3) is 0 Å². The molecular formula is C7H13NO3. The summed E-state index contributed by atoms with van der Waals surface area (Å²) in [6, 6.07) is 0.129. The van der Waals surface area contributed by atoms with Gasteiger partial charge < -0.3 is 15.5 Å². The Morgan fingerprint density at radius 3 is 2.64 bits per heavy atom. The third-order valence-corrected chi connectivity index (χ3v) is 2.10. The lowest BCUT2D eigenvalue weighted by atomic mass is 9.78. The molecule has 4 nitrogen and oxygen atoms in total. The first-order valence-corrected chi connectivity index (χ1v) is 3.82. The Hall–Kier alpha value is -0.770. The van der Waals surface area contributed by atoms with Crippen LogP contribution in [0.3, 0.4) is 0 Å². The van der Waals surface area contributed by atoms with Crippen molar-refractivity contribution in [3.8, 4) is 0 Å². The largest absolute Gasteiger partial charge is 0.465 e. The number of nitrogens with one attached hydrogen (secondary N) is 1. The predicted molar refractivity (Wildman–Crippen MR) is 39.4 cm³/mol. The maximum atomic E-state index is 10.1. The highest BCUT2D eigenvalue weighted by molar-refractivity contribution is 5.64. The molecule has 0 radical (unpaired) electrons. The van der Waals surface area contributed by atoms with Crippen molar-refractivity contribution < 1.29 is 15.0 Å². The number of carboxylic acid groups (broad SMARTS) is 1. The van der Waals surface area contributed by atoms with Crippen molar-refractivity contribution in [2.45, 2.75) is 25.3 Å². The minimum Gasteiger partial charge on any atom is -0.465 e. The van der Waals surface area contributed by atoms with Crippen LogP contribution in [0, 0.1) is 5.92 Å². The Morgan fingerprint density at radius 2 is 2.18 bits per heavy atom. The maximum Gasteiger partial charge on any atom is 0.404 e. The molecule has 3 N–H and O–H groups in total. The van der Waals surface area contributed by atoms with Crippen molar-refractivity contribution in [1.82, 2.24) is 5.32 Å². The van der Waals surface area contributed by atoms with Crippen molar-refractivity contribution in [3.05, 3.63) is 0 Å². The van der Waals surface area contributed by atoms with Gasteiger partial charge in [0, 0.05) is 12.6 Å². The zero-order valence-electron chi connectivity index (χ0n) is 6.29. The van der Waals surface area contributed by atoms with Crippen molar-refractivity contribution >= 4 is 6.09 Å². The molecular weight excluding hydrogens is 146 g/mol. The van der Waals surface area contributed by atoms with E-state index in [4.69, 9.17) is 10.2 Å². The van der Waals surface area contributed by atoms with Gasteiger partial charge in [-0.2, -0.15) is 0 Å². The summed E-state index contributed by atoms with van der Waals surface area (Å²) >= 11 is 0. The topological polar surface area (TPSA) is 69.6 Å². The van der Waals surface area contributed by atoms with Gasteiger partial charge in [-0.05, 0) is 25.2 Å². The summed E-state index contributed by atoms with van der Waals surface area (Å²) < 4.78 is 0. The molecule has 1 fully saturated rings. The van der Waals surface area contributed by atoms with Gasteiger partial charge in [-0.1, -0.05) is 0 Å². The fourth-order valence-electron chi connectivity index (χ4n) is 1.45. The highest BCUT2D eigenvalue weighted by Crippen LogP contribution is 2.29. The van der Waals surface area contributed by atoms with Crippen LogP contribution in [0.1, 0.15) is 19.3 Å². The van der Waals surface area contributed by atoms with Crippen molar-refractivity contribution in [2.24, 2.45) is 5.92 Å². The highest BCUT2D eigenvalue weighted by atomic mass is 16.4. The number of amides is 1. The average molecular weight is 159 g/mol. The summed E-state index contributed by atoms with van der Waals surface area (Å²) in [5, 5.41) is 19.2. The SMILES string of the molecule is O=C(O)NC1CC(CCO)C1. The van der Waals surface area contributed by atoms with Gasteiger partial charge in [-0.3, -0.25) is 0 Å². The molecule has 4 heteroatoms. The summed E-state index contributed by atoms with van der Waals surface area (Å²) in [6.07, 6.45) is 1.62. The number of carbonyl (C=O) groups is 1. The van der Waals surface area contributed by atoms with E-state index in [9.17, 15) is 4.79 Å². The molecule has 1 aliphatic carbocycles. The van der Waals surface area contributed by atoms with Crippen LogP contribution < -0.4 is 5.32 Å². The summed E-state index contributed by atoms with van der Waals surface area (Å²) in [5.41, 5.74) is 0. The van der Waals surface area contributed by atoms with E-state index < -0.39 is 6.09 Å². The Kier molecular flexibility index (Phi) is 2.70. The molecule has 0 spiro atoms. The zero-order chi connectivity index (χ0) is 8.27. The smallest absolute Gasteiger partial charge is 0.404 e. The normalized spacial score (nSPS) is 29.2. The van der Waals surface area contributed by atoms with Crippen LogP contribution >= 0.6 is 0 Å². The van der Waals surface area contributed by atoms with Gasteiger partial charge in [0.1, 0.15) is 0 Å². The first-order chi connectivity index (χ1) is 5.22. The molecule has 1 rings (SSSR count). The van der Waals surface area contributed by atoms with Crippen LogP contribution in [0.5, 0.6) is 0 Å². The lowest BCUT2D eigenvalue weighted by Crippen LogP contribution is -2.43. The second-order valence-electron chi connectivity index (χ2n) is 3.00. The summed E-state index contributed by atoms with van der Waals surface area (Å²) in [6.45, 7) is 0.213. The summed E-state index contributed by atoms with van der Waals surface area (Å²) in [7, 11) is 0. The molecule has 0 heterocycles. The fourth-order valence-corrected chi connectivity index (χ4v) is 1.45. The molecule has 0 bridgehead atoms. The summed E-state index contributed by atoms with van der Waals surface area (Å²) in [5.74, 6) is 0.525. The molecule has 64 valence electrons. The van der Waals surface area contributed by atoms with E-state index in [-0.39, 0.29) is 12.6 Å². The van der Waals surface area contributed by atoms with Crippen molar-refractivity contribution in [3.63, 3.8) is 0 Å². The van der Waals surface area contributed by atoms with Crippen LogP contribution in [0.4, 0.5) is 4.79 Å². The van der Waals surface area contributed by atoms with Crippen LogP contribution in [-0.4, -0.2) is 29.0 Å². The molecule has 0 aromatic rings. The van der Waals surface area contributed by atoms with Gasteiger partial charge in [-0.25, -0.2) is 4.79 Å². The van der Waals surface area contributed by atoms with E-state index in [0.717, 1.165) is 19.3 Å². The minimum atomic E-state index is -0.947. The van der Waals surface area contributed by atoms with Gasteiger partial charge in [0.05, 0.1) is 0 Å². The Balaban J connectivity index is 2.04. The van der Waals surface area contributed by atoms with Gasteiger partial charge in [0.15, 0.2) is 0 Å². The Labute approximate surface area is 65.2 Å². The predicted octanol–water partition coefficient (Wildman–Crippen LogP) is 0.415. The van der Waals surface area contributed by atoms with E-state index in [1.54, 1.807) is 0 Å². The minimum absolute atomic E-state index is 0.129. The van der Waals surface area contributed by atoms with Crippen LogP contribution in [-0.2, 0) is 0 Å². The second kappa shape index (κ2) is 3.57. The molecule has 0 atom stereocenters. The molecule has 1 aliphatic rings. The number of hydrogen-bond acceptors (Lipinski definition) is 2. The number of aliphatic hydroxyl groups excluding tert-OH is 1. The lowest BCUT2D eigenvalue weighted by molar-refractivity contribution is 0.148. The van der Waals surface area contributed by atoms with Crippen molar-refractivity contribution in [1.29, 1.82) is 0 Å². The molecule has 1 amide bonds. The van der Waals surface area contributed by atoms with Crippen molar-refractivity contribution in [2.75, 3.05) is 6.61 Å². The Bertz CT molecular complexity index is 143. The van der Waals surface area contributed by atoms with E-state index in [1.807, 2.05) is 0 Å². The number of aliphatic hydroxyl groups is 1. The first kappa shape index (κ1) is 8.33. The molecule has 1 saturated carbocycles. The van der Waals surface area contributed by atoms with E-state index in [0.29, 0.717) is 5.92 Å².